The molecule has 3 nitrogen and oxygen atoms in total. The first-order valence-electron chi connectivity index (χ1n) is 4.36. The summed E-state index contributed by atoms with van der Waals surface area (Å²) in [4.78, 5) is 4.48. The quantitative estimate of drug-likeness (QED) is 0.697. The Labute approximate surface area is 81.7 Å². The first kappa shape index (κ1) is 9.12. The molecule has 1 aliphatic rings. The van der Waals surface area contributed by atoms with Gasteiger partial charge in [-0.2, -0.15) is 0 Å². The molecule has 0 spiro atoms. The number of thiazole rings is 1. The van der Waals surface area contributed by atoms with E-state index in [9.17, 15) is 0 Å². The van der Waals surface area contributed by atoms with Crippen molar-refractivity contribution in [1.29, 1.82) is 0 Å². The molecule has 1 aromatic rings. The minimum atomic E-state index is -0.302. The average Bonchev–Trinajstić information content (AvgIpc) is 2.89. The maximum absolute atomic E-state index is 5.12. The molecule has 1 fully saturated rings. The zero-order valence-electron chi connectivity index (χ0n) is 7.82. The van der Waals surface area contributed by atoms with Crippen LogP contribution in [0.3, 0.4) is 0 Å². The molecule has 72 valence electrons. The first-order chi connectivity index (χ1) is 6.35. The Kier molecular flexibility index (Phi) is 2.62. The van der Waals surface area contributed by atoms with Crippen LogP contribution >= 0.6 is 11.3 Å². The van der Waals surface area contributed by atoms with Crippen molar-refractivity contribution in [2.45, 2.75) is 25.0 Å². The number of rotatable bonds is 4. The lowest BCUT2D eigenvalue weighted by molar-refractivity contribution is -0.108. The van der Waals surface area contributed by atoms with Crippen molar-refractivity contribution in [3.05, 3.63) is 16.1 Å². The summed E-state index contributed by atoms with van der Waals surface area (Å²) in [6, 6.07) is 0. The first-order valence-corrected chi connectivity index (χ1v) is 5.24. The van der Waals surface area contributed by atoms with Gasteiger partial charge < -0.3 is 9.47 Å². The van der Waals surface area contributed by atoms with E-state index in [2.05, 4.69) is 4.98 Å². The van der Waals surface area contributed by atoms with E-state index in [1.807, 2.05) is 5.38 Å². The van der Waals surface area contributed by atoms with E-state index in [-0.39, 0.29) is 6.29 Å². The van der Waals surface area contributed by atoms with Crippen LogP contribution in [0.1, 0.15) is 35.8 Å². The normalized spacial score (nSPS) is 16.8. The lowest BCUT2D eigenvalue weighted by atomic mass is 10.4. The molecule has 0 aliphatic heterocycles. The summed E-state index contributed by atoms with van der Waals surface area (Å²) in [6.07, 6.45) is 2.28. The molecule has 0 aromatic carbocycles. The predicted octanol–water partition coefficient (Wildman–Crippen LogP) is 2.31. The largest absolute Gasteiger partial charge is 0.350 e. The molecule has 0 radical (unpaired) electrons. The molecule has 0 unspecified atom stereocenters. The van der Waals surface area contributed by atoms with E-state index >= 15 is 0 Å². The van der Waals surface area contributed by atoms with E-state index in [4.69, 9.17) is 9.47 Å². The molecule has 1 aromatic heterocycles. The Bertz CT molecular complexity index is 279. The van der Waals surface area contributed by atoms with Gasteiger partial charge in [0.15, 0.2) is 0 Å². The van der Waals surface area contributed by atoms with Gasteiger partial charge in [0.25, 0.3) is 0 Å². The maximum Gasteiger partial charge on any atom is 0.201 e. The predicted molar refractivity (Wildman–Crippen MR) is 50.8 cm³/mol. The fraction of sp³-hybridized carbons (Fsp3) is 0.667. The van der Waals surface area contributed by atoms with Gasteiger partial charge in [-0.25, -0.2) is 4.98 Å². The Hall–Kier alpha value is -0.450. The minimum Gasteiger partial charge on any atom is -0.350 e. The van der Waals surface area contributed by atoms with Crippen molar-refractivity contribution in [3.63, 3.8) is 0 Å². The van der Waals surface area contributed by atoms with Crippen LogP contribution in [0.5, 0.6) is 0 Å². The van der Waals surface area contributed by atoms with E-state index < -0.39 is 0 Å². The highest BCUT2D eigenvalue weighted by Crippen LogP contribution is 2.42. The third-order valence-electron chi connectivity index (χ3n) is 2.14. The average molecular weight is 199 g/mol. The van der Waals surface area contributed by atoms with Gasteiger partial charge in [0, 0.05) is 25.5 Å². The van der Waals surface area contributed by atoms with Gasteiger partial charge >= 0.3 is 0 Å². The number of aromatic nitrogens is 1. The number of nitrogens with zero attached hydrogens (tertiary/aromatic N) is 1. The summed E-state index contributed by atoms with van der Waals surface area (Å²) in [6.45, 7) is 0. The van der Waals surface area contributed by atoms with Crippen molar-refractivity contribution >= 4 is 11.3 Å². The maximum atomic E-state index is 5.12. The Morgan fingerprint density at radius 3 is 2.69 bits per heavy atom. The van der Waals surface area contributed by atoms with E-state index in [1.54, 1.807) is 25.6 Å². The van der Waals surface area contributed by atoms with Crippen molar-refractivity contribution < 1.29 is 9.47 Å². The third-order valence-corrected chi connectivity index (χ3v) is 3.16. The Morgan fingerprint density at radius 2 is 2.15 bits per heavy atom. The zero-order valence-corrected chi connectivity index (χ0v) is 8.63. The molecule has 0 atom stereocenters. The molecule has 0 saturated heterocycles. The second-order valence-electron chi connectivity index (χ2n) is 3.19. The Balaban J connectivity index is 2.10. The van der Waals surface area contributed by atoms with Crippen LogP contribution in [-0.4, -0.2) is 19.2 Å². The molecular weight excluding hydrogens is 186 g/mol. The second kappa shape index (κ2) is 3.74. The highest BCUT2D eigenvalue weighted by atomic mass is 32.1. The van der Waals surface area contributed by atoms with Crippen LogP contribution in [0.25, 0.3) is 0 Å². The summed E-state index contributed by atoms with van der Waals surface area (Å²) < 4.78 is 10.2. The molecule has 0 amide bonds. The monoisotopic (exact) mass is 199 g/mol. The third kappa shape index (κ3) is 1.90. The lowest BCUT2D eigenvalue weighted by Gasteiger charge is -2.09. The second-order valence-corrected chi connectivity index (χ2v) is 4.08. The summed E-state index contributed by atoms with van der Waals surface area (Å²) in [5.41, 5.74) is 0.900. The summed E-state index contributed by atoms with van der Waals surface area (Å²) in [5.74, 6) is 0.716. The molecule has 0 bridgehead atoms. The number of methoxy groups -OCH3 is 2. The van der Waals surface area contributed by atoms with E-state index in [0.29, 0.717) is 5.92 Å². The van der Waals surface area contributed by atoms with Crippen LogP contribution in [0, 0.1) is 0 Å². The molecule has 13 heavy (non-hydrogen) atoms. The Morgan fingerprint density at radius 1 is 1.46 bits per heavy atom. The number of hydrogen-bond acceptors (Lipinski definition) is 4. The summed E-state index contributed by atoms with van der Waals surface area (Å²) in [7, 11) is 3.26. The van der Waals surface area contributed by atoms with Crippen LogP contribution in [-0.2, 0) is 9.47 Å². The summed E-state index contributed by atoms with van der Waals surface area (Å²) in [5, 5.41) is 3.25. The van der Waals surface area contributed by atoms with Gasteiger partial charge in [0.05, 0.1) is 5.01 Å². The zero-order chi connectivity index (χ0) is 9.26. The van der Waals surface area contributed by atoms with Crippen molar-refractivity contribution in [1.82, 2.24) is 4.98 Å². The minimum absolute atomic E-state index is 0.302. The standard InChI is InChI=1S/C9H13NO2S/c1-11-9(12-2)7-5-13-8(10-7)6-3-4-6/h5-6,9H,3-4H2,1-2H3. The number of ether oxygens (including phenoxy) is 2. The highest BCUT2D eigenvalue weighted by Gasteiger charge is 2.27. The fourth-order valence-corrected chi connectivity index (χ4v) is 2.26. The van der Waals surface area contributed by atoms with E-state index in [0.717, 1.165) is 5.69 Å². The smallest absolute Gasteiger partial charge is 0.201 e. The molecule has 0 N–H and O–H groups in total. The lowest BCUT2D eigenvalue weighted by Crippen LogP contribution is -2.03. The van der Waals surface area contributed by atoms with Crippen molar-refractivity contribution in [3.8, 4) is 0 Å². The van der Waals surface area contributed by atoms with Crippen LogP contribution in [0.4, 0.5) is 0 Å². The van der Waals surface area contributed by atoms with Gasteiger partial charge in [-0.1, -0.05) is 0 Å². The number of hydrogen-bond donors (Lipinski definition) is 0. The molecular formula is C9H13NO2S. The molecule has 1 aliphatic carbocycles. The molecule has 4 heteroatoms. The van der Waals surface area contributed by atoms with Gasteiger partial charge in [-0.15, -0.1) is 11.3 Å². The van der Waals surface area contributed by atoms with Gasteiger partial charge in [-0.3, -0.25) is 0 Å². The molecule has 2 rings (SSSR count). The van der Waals surface area contributed by atoms with Crippen LogP contribution < -0.4 is 0 Å². The highest BCUT2D eigenvalue weighted by molar-refractivity contribution is 7.09. The van der Waals surface area contributed by atoms with Gasteiger partial charge in [0.2, 0.25) is 6.29 Å². The van der Waals surface area contributed by atoms with Gasteiger partial charge in [0.1, 0.15) is 5.69 Å². The summed E-state index contributed by atoms with van der Waals surface area (Å²) >= 11 is 1.71. The van der Waals surface area contributed by atoms with Crippen LogP contribution in [0.2, 0.25) is 0 Å². The van der Waals surface area contributed by atoms with Crippen LogP contribution in [0.15, 0.2) is 5.38 Å². The fourth-order valence-electron chi connectivity index (χ4n) is 1.26. The molecule has 1 saturated carbocycles. The SMILES string of the molecule is COC(OC)c1csc(C2CC2)n1. The van der Waals surface area contributed by atoms with E-state index in [1.165, 1.54) is 17.8 Å². The molecule has 1 heterocycles. The van der Waals surface area contributed by atoms with Crippen molar-refractivity contribution in [2.75, 3.05) is 14.2 Å². The topological polar surface area (TPSA) is 31.4 Å². The van der Waals surface area contributed by atoms with Crippen molar-refractivity contribution in [2.24, 2.45) is 0 Å². The van der Waals surface area contributed by atoms with Gasteiger partial charge in [-0.05, 0) is 12.8 Å².